The summed E-state index contributed by atoms with van der Waals surface area (Å²) in [5.41, 5.74) is 1.51. The molecule has 3 fully saturated rings. The summed E-state index contributed by atoms with van der Waals surface area (Å²) < 4.78 is 29.2. The number of rotatable bonds is 7. The molecule has 5 amide bonds. The molecule has 11 heteroatoms. The van der Waals surface area contributed by atoms with Gasteiger partial charge in [0.05, 0.1) is 18.3 Å². The van der Waals surface area contributed by atoms with Crippen molar-refractivity contribution in [1.29, 1.82) is 0 Å². The number of pyridine rings is 1. The Morgan fingerprint density at radius 3 is 2.57 bits per heavy atom. The topological polar surface area (TPSA) is 112 Å². The molecule has 1 aliphatic carbocycles. The number of likely N-dealkylation sites (tertiary alicyclic amines) is 1. The Morgan fingerprint density at radius 2 is 1.89 bits per heavy atom. The molecule has 37 heavy (non-hydrogen) atoms. The Hall–Kier alpha value is -3.89. The molecule has 0 radical (unpaired) electrons. The molecule has 3 heterocycles. The average Bonchev–Trinajstić information content (AvgIpc) is 3.64. The summed E-state index contributed by atoms with van der Waals surface area (Å²) in [7, 11) is 0. The van der Waals surface area contributed by atoms with Crippen molar-refractivity contribution >= 4 is 23.8 Å². The van der Waals surface area contributed by atoms with E-state index in [1.807, 2.05) is 6.07 Å². The number of amides is 5. The minimum Gasteiger partial charge on any atom is -0.342 e. The fourth-order valence-electron chi connectivity index (χ4n) is 4.84. The number of hydrogen-bond acceptors (Lipinski definition) is 5. The van der Waals surface area contributed by atoms with Crippen LogP contribution >= 0.6 is 0 Å². The molecule has 2 saturated heterocycles. The second-order valence-electron chi connectivity index (χ2n) is 9.66. The molecule has 1 aromatic heterocycles. The molecule has 3 atom stereocenters. The van der Waals surface area contributed by atoms with Gasteiger partial charge in [-0.1, -0.05) is 36.4 Å². The van der Waals surface area contributed by atoms with Gasteiger partial charge in [0.1, 0.15) is 18.8 Å². The van der Waals surface area contributed by atoms with Crippen LogP contribution in [0, 0.1) is 5.95 Å². The van der Waals surface area contributed by atoms with Crippen LogP contribution < -0.4 is 10.6 Å². The first-order chi connectivity index (χ1) is 17.8. The van der Waals surface area contributed by atoms with Crippen LogP contribution in [0.4, 0.5) is 13.6 Å². The van der Waals surface area contributed by atoms with Gasteiger partial charge in [0.2, 0.25) is 23.7 Å². The maximum atomic E-state index is 14.8. The Kier molecular flexibility index (Phi) is 6.86. The SMILES string of the molecule is O=C1CCN(CC(=O)N2C[C@H](F)C[C@H]2C(=O)N[C@@H](c2ccccc2)c2ccc(C3CC3)c(F)n2)C(=O)N1. The van der Waals surface area contributed by atoms with Crippen molar-refractivity contribution in [1.82, 2.24) is 25.4 Å². The summed E-state index contributed by atoms with van der Waals surface area (Å²) in [5, 5.41) is 4.98. The fraction of sp³-hybridized carbons (Fsp3) is 0.423. The zero-order valence-corrected chi connectivity index (χ0v) is 20.0. The summed E-state index contributed by atoms with van der Waals surface area (Å²) in [6.45, 7) is -0.609. The smallest absolute Gasteiger partial charge is 0.324 e. The van der Waals surface area contributed by atoms with E-state index in [9.17, 15) is 28.0 Å². The third-order valence-electron chi connectivity index (χ3n) is 6.97. The summed E-state index contributed by atoms with van der Waals surface area (Å²) in [5.74, 6) is -2.04. The highest BCUT2D eigenvalue weighted by atomic mass is 19.1. The van der Waals surface area contributed by atoms with Gasteiger partial charge in [-0.2, -0.15) is 4.39 Å². The highest BCUT2D eigenvalue weighted by molar-refractivity contribution is 5.98. The molecule has 1 aromatic carbocycles. The molecule has 5 rings (SSSR count). The highest BCUT2D eigenvalue weighted by Gasteiger charge is 2.41. The molecular formula is C26H27F2N5O4. The van der Waals surface area contributed by atoms with Crippen molar-refractivity contribution in [2.24, 2.45) is 0 Å². The maximum absolute atomic E-state index is 14.8. The Labute approximate surface area is 212 Å². The number of nitrogens with zero attached hydrogens (tertiary/aromatic N) is 3. The van der Waals surface area contributed by atoms with Gasteiger partial charge < -0.3 is 15.1 Å². The Morgan fingerprint density at radius 1 is 1.14 bits per heavy atom. The largest absolute Gasteiger partial charge is 0.342 e. The van der Waals surface area contributed by atoms with Gasteiger partial charge in [0, 0.05) is 24.9 Å². The first kappa shape index (κ1) is 24.8. The van der Waals surface area contributed by atoms with Crippen LogP contribution in [-0.4, -0.2) is 70.4 Å². The van der Waals surface area contributed by atoms with Gasteiger partial charge in [-0.15, -0.1) is 0 Å². The summed E-state index contributed by atoms with van der Waals surface area (Å²) >= 11 is 0. The number of halogens is 2. The molecule has 2 aliphatic heterocycles. The minimum atomic E-state index is -1.42. The first-order valence-electron chi connectivity index (χ1n) is 12.3. The lowest BCUT2D eigenvalue weighted by molar-refractivity contribution is -0.139. The number of nitrogens with one attached hydrogen (secondary N) is 2. The van der Waals surface area contributed by atoms with Crippen molar-refractivity contribution < 1.29 is 28.0 Å². The van der Waals surface area contributed by atoms with Gasteiger partial charge >= 0.3 is 6.03 Å². The van der Waals surface area contributed by atoms with Crippen LogP contribution in [0.25, 0.3) is 0 Å². The van der Waals surface area contributed by atoms with E-state index in [2.05, 4.69) is 15.6 Å². The number of hydrogen-bond donors (Lipinski definition) is 2. The van der Waals surface area contributed by atoms with Crippen molar-refractivity contribution in [3.63, 3.8) is 0 Å². The van der Waals surface area contributed by atoms with Crippen LogP contribution in [0.2, 0.25) is 0 Å². The van der Waals surface area contributed by atoms with Gasteiger partial charge in [-0.25, -0.2) is 14.2 Å². The molecule has 2 aromatic rings. The van der Waals surface area contributed by atoms with Gasteiger partial charge in [0.15, 0.2) is 0 Å². The van der Waals surface area contributed by atoms with Crippen LogP contribution in [0.15, 0.2) is 42.5 Å². The fourth-order valence-corrected chi connectivity index (χ4v) is 4.84. The maximum Gasteiger partial charge on any atom is 0.324 e. The monoisotopic (exact) mass is 511 g/mol. The van der Waals surface area contributed by atoms with Gasteiger partial charge in [-0.3, -0.25) is 19.7 Å². The van der Waals surface area contributed by atoms with Crippen LogP contribution in [0.1, 0.15) is 54.5 Å². The van der Waals surface area contributed by atoms with Gasteiger partial charge in [-0.05, 0) is 30.4 Å². The van der Waals surface area contributed by atoms with Gasteiger partial charge in [0.25, 0.3) is 0 Å². The normalized spacial score (nSPS) is 22.5. The number of urea groups is 1. The van der Waals surface area contributed by atoms with E-state index >= 15 is 0 Å². The summed E-state index contributed by atoms with van der Waals surface area (Å²) in [6.07, 6.45) is 0.271. The molecule has 0 spiro atoms. The van der Waals surface area contributed by atoms with E-state index in [4.69, 9.17) is 0 Å². The van der Waals surface area contributed by atoms with Crippen molar-refractivity contribution in [3.05, 3.63) is 65.2 Å². The van der Waals surface area contributed by atoms with Crippen LogP contribution in [0.5, 0.6) is 0 Å². The zero-order valence-electron chi connectivity index (χ0n) is 20.0. The first-order valence-corrected chi connectivity index (χ1v) is 12.3. The molecule has 0 unspecified atom stereocenters. The predicted molar refractivity (Wildman–Crippen MR) is 127 cm³/mol. The molecule has 3 aliphatic rings. The number of carbonyl (C=O) groups excluding carboxylic acids is 4. The van der Waals surface area contributed by atoms with E-state index in [1.54, 1.807) is 36.4 Å². The molecule has 0 bridgehead atoms. The lowest BCUT2D eigenvalue weighted by Crippen LogP contribution is -2.54. The standard InChI is InChI=1S/C26H27F2N5O4/c27-17-12-20(33(13-17)22(35)14-32-11-10-21(34)30-26(32)37)25(36)31-23(16-4-2-1-3-5-16)19-9-8-18(15-6-7-15)24(28)29-19/h1-5,8-9,15,17,20,23H,6-7,10-14H2,(H,31,36)(H,30,34,37)/t17-,20+,23+/m1/s1. The second kappa shape index (κ2) is 10.2. The van der Waals surface area contributed by atoms with E-state index in [1.165, 1.54) is 0 Å². The van der Waals surface area contributed by atoms with Crippen molar-refractivity contribution in [2.45, 2.75) is 49.9 Å². The highest BCUT2D eigenvalue weighted by Crippen LogP contribution is 2.41. The van der Waals surface area contributed by atoms with Crippen LogP contribution in [-0.2, 0) is 14.4 Å². The lowest BCUT2D eigenvalue weighted by atomic mass is 10.0. The minimum absolute atomic E-state index is 0.0521. The summed E-state index contributed by atoms with van der Waals surface area (Å²) in [4.78, 5) is 56.2. The molecule has 194 valence electrons. The Balaban J connectivity index is 1.34. The molecule has 9 nitrogen and oxygen atoms in total. The van der Waals surface area contributed by atoms with Crippen molar-refractivity contribution in [2.75, 3.05) is 19.6 Å². The Bertz CT molecular complexity index is 1220. The molecular weight excluding hydrogens is 484 g/mol. The number of imide groups is 1. The van der Waals surface area contributed by atoms with E-state index < -0.39 is 48.0 Å². The van der Waals surface area contributed by atoms with Crippen molar-refractivity contribution in [3.8, 4) is 0 Å². The summed E-state index contributed by atoms with van der Waals surface area (Å²) in [6, 6.07) is 9.65. The third kappa shape index (κ3) is 5.45. The zero-order chi connectivity index (χ0) is 26.1. The second-order valence-corrected chi connectivity index (χ2v) is 9.66. The third-order valence-corrected chi connectivity index (χ3v) is 6.97. The predicted octanol–water partition coefficient (Wildman–Crippen LogP) is 2.18. The molecule has 1 saturated carbocycles. The number of alkyl halides is 1. The van der Waals surface area contributed by atoms with Crippen LogP contribution in [0.3, 0.4) is 0 Å². The van der Waals surface area contributed by atoms with E-state index in [-0.39, 0.29) is 38.4 Å². The number of carbonyl (C=O) groups is 4. The number of benzene rings is 1. The quantitative estimate of drug-likeness (QED) is 0.554. The lowest BCUT2D eigenvalue weighted by Gasteiger charge is -2.30. The molecule has 2 N–H and O–H groups in total. The van der Waals surface area contributed by atoms with E-state index in [0.717, 1.165) is 22.6 Å². The van der Waals surface area contributed by atoms with E-state index in [0.29, 0.717) is 16.8 Å². The number of aromatic nitrogens is 1. The average molecular weight is 512 g/mol.